The molecule has 0 saturated carbocycles. The molecule has 0 saturated heterocycles. The summed E-state index contributed by atoms with van der Waals surface area (Å²) in [6.07, 6.45) is 2.46. The van der Waals surface area contributed by atoms with Gasteiger partial charge in [0.15, 0.2) is 0 Å². The minimum Gasteiger partial charge on any atom is -0.309 e. The van der Waals surface area contributed by atoms with Crippen molar-refractivity contribution in [3.63, 3.8) is 0 Å². The average molecular weight is 272 g/mol. The number of benzene rings is 1. The molecule has 0 amide bonds. The first-order valence-electron chi connectivity index (χ1n) is 6.56. The van der Waals surface area contributed by atoms with Crippen LogP contribution in [-0.4, -0.2) is 19.4 Å². The minimum absolute atomic E-state index is 0.459. The summed E-state index contributed by atoms with van der Waals surface area (Å²) >= 11 is 0. The Morgan fingerprint density at radius 3 is 1.50 bits per heavy atom. The summed E-state index contributed by atoms with van der Waals surface area (Å²) in [5.74, 6) is 0. The summed E-state index contributed by atoms with van der Waals surface area (Å²) in [5.41, 5.74) is 0. The molecule has 0 unspecified atom stereocenters. The smallest absolute Gasteiger partial charge is 0.309 e. The second-order valence-electron chi connectivity index (χ2n) is 3.68. The summed E-state index contributed by atoms with van der Waals surface area (Å²) in [5, 5.41) is 0. The van der Waals surface area contributed by atoms with Crippen molar-refractivity contribution in [2.75, 3.05) is 19.4 Å². The Morgan fingerprint density at radius 2 is 1.22 bits per heavy atom. The van der Waals surface area contributed by atoms with Crippen LogP contribution in [0.3, 0.4) is 0 Å². The molecule has 0 spiro atoms. The van der Waals surface area contributed by atoms with E-state index in [2.05, 4.69) is 6.92 Å². The predicted octanol–water partition coefficient (Wildman–Crippen LogP) is 4.74. The van der Waals surface area contributed by atoms with Gasteiger partial charge in [-0.25, -0.2) is 0 Å². The topological polar surface area (TPSA) is 35.5 Å². The third-order valence-electron chi connectivity index (χ3n) is 2.10. The highest BCUT2D eigenvalue weighted by atomic mass is 31.2. The van der Waals surface area contributed by atoms with Gasteiger partial charge in [-0.1, -0.05) is 49.7 Å². The second-order valence-corrected chi connectivity index (χ2v) is 5.86. The largest absolute Gasteiger partial charge is 0.330 e. The van der Waals surface area contributed by atoms with Crippen LogP contribution in [0.25, 0.3) is 0 Å². The zero-order valence-electron chi connectivity index (χ0n) is 11.7. The Labute approximate surface area is 111 Å². The number of rotatable bonds is 7. The lowest BCUT2D eigenvalue weighted by Crippen LogP contribution is -1.99. The van der Waals surface area contributed by atoms with Gasteiger partial charge in [0.2, 0.25) is 0 Å². The van der Waals surface area contributed by atoms with Crippen molar-refractivity contribution in [2.24, 2.45) is 0 Å². The fraction of sp³-hybridized carbons (Fsp3) is 0.571. The van der Waals surface area contributed by atoms with Crippen LogP contribution in [0.1, 0.15) is 33.6 Å². The van der Waals surface area contributed by atoms with Gasteiger partial charge in [-0.15, -0.1) is 0 Å². The van der Waals surface area contributed by atoms with Crippen molar-refractivity contribution >= 4 is 7.60 Å². The number of hydrogen-bond donors (Lipinski definition) is 0. The van der Waals surface area contributed by atoms with Crippen molar-refractivity contribution in [1.82, 2.24) is 0 Å². The van der Waals surface area contributed by atoms with E-state index in [-0.39, 0.29) is 0 Å². The third-order valence-corrected chi connectivity index (χ3v) is 4.27. The lowest BCUT2D eigenvalue weighted by atomic mass is 10.4. The molecule has 0 aliphatic carbocycles. The summed E-state index contributed by atoms with van der Waals surface area (Å²) in [6, 6.07) is 12.0. The molecule has 0 N–H and O–H groups in total. The normalized spacial score (nSPS) is 10.6. The number of hydrogen-bond acceptors (Lipinski definition) is 3. The highest BCUT2D eigenvalue weighted by Crippen LogP contribution is 2.48. The summed E-state index contributed by atoms with van der Waals surface area (Å²) in [7, 11) is -2.74. The highest BCUT2D eigenvalue weighted by Gasteiger charge is 2.21. The van der Waals surface area contributed by atoms with E-state index < -0.39 is 7.60 Å². The molecule has 0 aromatic heterocycles. The van der Waals surface area contributed by atoms with Gasteiger partial charge >= 0.3 is 7.60 Å². The molecule has 0 bridgehead atoms. The van der Waals surface area contributed by atoms with Gasteiger partial charge < -0.3 is 9.05 Å². The molecule has 0 aliphatic heterocycles. The summed E-state index contributed by atoms with van der Waals surface area (Å²) < 4.78 is 21.9. The van der Waals surface area contributed by atoms with Crippen molar-refractivity contribution in [3.8, 4) is 0 Å². The Kier molecular flexibility index (Phi) is 11.1. The van der Waals surface area contributed by atoms with Crippen molar-refractivity contribution in [3.05, 3.63) is 36.4 Å². The SMILES string of the molecule is CCCCP(=O)(OCC)OCC.c1ccccc1. The quantitative estimate of drug-likeness (QED) is 0.672. The molecule has 0 heterocycles. The Morgan fingerprint density at radius 1 is 0.833 bits per heavy atom. The van der Waals surface area contributed by atoms with Gasteiger partial charge in [0, 0.05) is 0 Å². The highest BCUT2D eigenvalue weighted by molar-refractivity contribution is 7.53. The number of unbranched alkanes of at least 4 members (excludes halogenated alkanes) is 1. The van der Waals surface area contributed by atoms with Crippen LogP contribution >= 0.6 is 7.60 Å². The zero-order valence-corrected chi connectivity index (χ0v) is 12.6. The van der Waals surface area contributed by atoms with E-state index in [1.807, 2.05) is 50.2 Å². The van der Waals surface area contributed by atoms with Crippen molar-refractivity contribution in [1.29, 1.82) is 0 Å². The molecule has 1 rings (SSSR count). The summed E-state index contributed by atoms with van der Waals surface area (Å²) in [6.45, 7) is 6.64. The van der Waals surface area contributed by atoms with Crippen LogP contribution < -0.4 is 0 Å². The maximum Gasteiger partial charge on any atom is 0.330 e. The van der Waals surface area contributed by atoms with Crippen LogP contribution in [0.5, 0.6) is 0 Å². The zero-order chi connectivity index (χ0) is 13.7. The molecule has 0 aliphatic rings. The minimum atomic E-state index is -2.74. The van der Waals surface area contributed by atoms with Gasteiger partial charge in [-0.05, 0) is 20.3 Å². The van der Waals surface area contributed by atoms with E-state index in [9.17, 15) is 4.57 Å². The molecule has 0 radical (unpaired) electrons. The third kappa shape index (κ3) is 9.41. The fourth-order valence-electron chi connectivity index (χ4n) is 1.30. The first kappa shape index (κ1) is 17.4. The Hall–Kier alpha value is -0.630. The van der Waals surface area contributed by atoms with E-state index in [0.717, 1.165) is 12.8 Å². The predicted molar refractivity (Wildman–Crippen MR) is 77.1 cm³/mol. The van der Waals surface area contributed by atoms with Crippen LogP contribution in [0.4, 0.5) is 0 Å². The molecule has 1 aromatic rings. The molecule has 1 aromatic carbocycles. The summed E-state index contributed by atoms with van der Waals surface area (Å²) in [4.78, 5) is 0. The lowest BCUT2D eigenvalue weighted by Gasteiger charge is -2.15. The van der Waals surface area contributed by atoms with Crippen LogP contribution in [-0.2, 0) is 13.6 Å². The molecular weight excluding hydrogens is 247 g/mol. The maximum atomic E-state index is 11.7. The molecule has 0 fully saturated rings. The van der Waals surface area contributed by atoms with Crippen LogP contribution in [0, 0.1) is 0 Å². The van der Waals surface area contributed by atoms with Gasteiger partial charge in [0.1, 0.15) is 0 Å². The first-order chi connectivity index (χ1) is 8.68. The fourth-order valence-corrected chi connectivity index (χ4v) is 3.12. The Bertz CT molecular complexity index is 277. The van der Waals surface area contributed by atoms with Gasteiger partial charge in [0.25, 0.3) is 0 Å². The second kappa shape index (κ2) is 11.5. The van der Waals surface area contributed by atoms with Gasteiger partial charge in [-0.2, -0.15) is 0 Å². The molecule has 3 nitrogen and oxygen atoms in total. The Balaban J connectivity index is 0.000000397. The van der Waals surface area contributed by atoms with E-state index >= 15 is 0 Å². The van der Waals surface area contributed by atoms with Crippen molar-refractivity contribution < 1.29 is 13.6 Å². The van der Waals surface area contributed by atoms with Crippen LogP contribution in [0.15, 0.2) is 36.4 Å². The van der Waals surface area contributed by atoms with Gasteiger partial charge in [0.05, 0.1) is 19.4 Å². The molecule has 4 heteroatoms. The van der Waals surface area contributed by atoms with E-state index in [4.69, 9.17) is 9.05 Å². The van der Waals surface area contributed by atoms with E-state index in [1.165, 1.54) is 0 Å². The molecule has 0 atom stereocenters. The monoisotopic (exact) mass is 272 g/mol. The molecule has 104 valence electrons. The lowest BCUT2D eigenvalue weighted by molar-refractivity contribution is 0.219. The molecular formula is C14H25O3P. The van der Waals surface area contributed by atoms with Crippen molar-refractivity contribution in [2.45, 2.75) is 33.6 Å². The van der Waals surface area contributed by atoms with Crippen LogP contribution in [0.2, 0.25) is 0 Å². The van der Waals surface area contributed by atoms with E-state index in [1.54, 1.807) is 0 Å². The average Bonchev–Trinajstić information content (AvgIpc) is 2.40. The first-order valence-corrected chi connectivity index (χ1v) is 8.29. The maximum absolute atomic E-state index is 11.7. The standard InChI is InChI=1S/C8H19O3P.C6H6/c1-4-7-8-12(9,10-5-2)11-6-3;1-2-4-6-5-3-1/h4-8H2,1-3H3;1-6H. The molecule has 18 heavy (non-hydrogen) atoms. The van der Waals surface area contributed by atoms with Gasteiger partial charge in [-0.3, -0.25) is 4.57 Å². The van der Waals surface area contributed by atoms with E-state index in [0.29, 0.717) is 19.4 Å².